The summed E-state index contributed by atoms with van der Waals surface area (Å²) in [5.41, 5.74) is 0.752. The summed E-state index contributed by atoms with van der Waals surface area (Å²) < 4.78 is 10.1. The van der Waals surface area contributed by atoms with Crippen LogP contribution in [0, 0.1) is 0 Å². The van der Waals surface area contributed by atoms with Crippen LogP contribution < -0.4 is 0 Å². The molecule has 0 bridgehead atoms. The fourth-order valence-corrected chi connectivity index (χ4v) is 1.53. The molecule has 16 heavy (non-hydrogen) atoms. The largest absolute Gasteiger partial charge is 0.460 e. The number of benzene rings is 1. The Morgan fingerprint density at radius 2 is 2.19 bits per heavy atom. The topological polar surface area (TPSA) is 56.5 Å². The average molecular weight is 218 g/mol. The van der Waals surface area contributed by atoms with E-state index < -0.39 is 5.97 Å². The fraction of sp³-hybridized carbons (Fsp3) is 0.167. The lowest BCUT2D eigenvalue weighted by Crippen LogP contribution is -2.05. The van der Waals surface area contributed by atoms with E-state index in [2.05, 4.69) is 0 Å². The Labute approximate surface area is 91.8 Å². The maximum Gasteiger partial charge on any atom is 0.375 e. The molecule has 2 rings (SSSR count). The fourth-order valence-electron chi connectivity index (χ4n) is 1.53. The quantitative estimate of drug-likeness (QED) is 0.586. The zero-order valence-electron chi connectivity index (χ0n) is 8.73. The molecule has 0 radical (unpaired) electrons. The van der Waals surface area contributed by atoms with Crippen molar-refractivity contribution in [3.63, 3.8) is 0 Å². The van der Waals surface area contributed by atoms with Crippen LogP contribution in [0.5, 0.6) is 0 Å². The first kappa shape index (κ1) is 10.4. The predicted octanol–water partition coefficient (Wildman–Crippen LogP) is 2.42. The molecule has 0 atom stereocenters. The van der Waals surface area contributed by atoms with Crippen LogP contribution in [0.4, 0.5) is 0 Å². The van der Waals surface area contributed by atoms with Crippen LogP contribution in [0.2, 0.25) is 0 Å². The van der Waals surface area contributed by atoms with Crippen LogP contribution in [-0.4, -0.2) is 18.9 Å². The molecule has 0 aliphatic heterocycles. The molecule has 82 valence electrons. The van der Waals surface area contributed by atoms with Gasteiger partial charge in [-0.2, -0.15) is 0 Å². The molecule has 0 fully saturated rings. The summed E-state index contributed by atoms with van der Waals surface area (Å²) in [6.45, 7) is 1.94. The zero-order valence-corrected chi connectivity index (χ0v) is 8.73. The van der Waals surface area contributed by atoms with E-state index >= 15 is 0 Å². The minimum absolute atomic E-state index is 0.0296. The molecule has 0 aliphatic rings. The van der Waals surface area contributed by atoms with Gasteiger partial charge < -0.3 is 9.15 Å². The smallest absolute Gasteiger partial charge is 0.375 e. The van der Waals surface area contributed by atoms with Gasteiger partial charge in [-0.15, -0.1) is 0 Å². The number of furan rings is 1. The molecule has 1 aromatic heterocycles. The van der Waals surface area contributed by atoms with E-state index in [9.17, 15) is 9.59 Å². The summed E-state index contributed by atoms with van der Waals surface area (Å²) in [6.07, 6.45) is 0.609. The van der Waals surface area contributed by atoms with Gasteiger partial charge in [0.05, 0.1) is 12.2 Å². The lowest BCUT2D eigenvalue weighted by atomic mass is 10.1. The van der Waals surface area contributed by atoms with Gasteiger partial charge in [0, 0.05) is 5.39 Å². The highest BCUT2D eigenvalue weighted by Gasteiger charge is 2.20. The number of ether oxygens (including phenoxy) is 1. The second kappa shape index (κ2) is 4.18. The maximum atomic E-state index is 11.5. The van der Waals surface area contributed by atoms with E-state index in [1.54, 1.807) is 31.2 Å². The Balaban J connectivity index is 2.60. The monoisotopic (exact) mass is 218 g/mol. The molecular formula is C12H10O4. The van der Waals surface area contributed by atoms with Crippen molar-refractivity contribution in [2.24, 2.45) is 0 Å². The Morgan fingerprint density at radius 1 is 1.44 bits per heavy atom. The van der Waals surface area contributed by atoms with Crippen molar-refractivity contribution in [1.29, 1.82) is 0 Å². The Hall–Kier alpha value is -2.10. The van der Waals surface area contributed by atoms with Gasteiger partial charge in [0.2, 0.25) is 5.76 Å². The zero-order chi connectivity index (χ0) is 11.5. The number of carbonyl (C=O) groups is 2. The molecule has 0 saturated carbocycles. The molecule has 4 heteroatoms. The highest BCUT2D eigenvalue weighted by Crippen LogP contribution is 2.24. The number of fused-ring (bicyclic) bond motifs is 1. The van der Waals surface area contributed by atoms with E-state index in [0.29, 0.717) is 17.3 Å². The second-order valence-electron chi connectivity index (χ2n) is 3.18. The third-order valence-electron chi connectivity index (χ3n) is 2.21. The summed E-state index contributed by atoms with van der Waals surface area (Å²) in [5, 5.41) is 0.626. The van der Waals surface area contributed by atoms with Crippen LogP contribution in [-0.2, 0) is 4.74 Å². The van der Waals surface area contributed by atoms with Crippen molar-refractivity contribution in [1.82, 2.24) is 0 Å². The van der Waals surface area contributed by atoms with Gasteiger partial charge in [-0.25, -0.2) is 4.79 Å². The number of carbonyl (C=O) groups excluding carboxylic acids is 2. The SMILES string of the molecule is CCOC(=O)c1oc2ccccc2c1C=O. The first-order valence-electron chi connectivity index (χ1n) is 4.91. The first-order chi connectivity index (χ1) is 7.77. The number of rotatable bonds is 3. The average Bonchev–Trinajstić information content (AvgIpc) is 2.67. The summed E-state index contributed by atoms with van der Waals surface area (Å²) in [5.74, 6) is -0.640. The normalized spacial score (nSPS) is 10.3. The van der Waals surface area contributed by atoms with Crippen molar-refractivity contribution in [3.05, 3.63) is 35.6 Å². The Kier molecular flexibility index (Phi) is 2.72. The van der Waals surface area contributed by atoms with Gasteiger partial charge in [0.1, 0.15) is 5.58 Å². The third kappa shape index (κ3) is 1.58. The highest BCUT2D eigenvalue weighted by molar-refractivity contribution is 6.06. The van der Waals surface area contributed by atoms with E-state index in [1.165, 1.54) is 0 Å². The minimum atomic E-state index is -0.610. The van der Waals surface area contributed by atoms with Gasteiger partial charge in [-0.3, -0.25) is 4.79 Å². The van der Waals surface area contributed by atoms with Crippen LogP contribution >= 0.6 is 0 Å². The summed E-state index contributed by atoms with van der Waals surface area (Å²) >= 11 is 0. The molecule has 2 aromatic rings. The molecule has 0 saturated heterocycles. The number of para-hydroxylation sites is 1. The van der Waals surface area contributed by atoms with Crippen molar-refractivity contribution >= 4 is 23.2 Å². The Morgan fingerprint density at radius 3 is 2.88 bits per heavy atom. The van der Waals surface area contributed by atoms with Crippen LogP contribution in [0.1, 0.15) is 27.8 Å². The molecule has 0 aliphatic carbocycles. The van der Waals surface area contributed by atoms with Crippen molar-refractivity contribution < 1.29 is 18.7 Å². The molecule has 1 aromatic carbocycles. The van der Waals surface area contributed by atoms with Gasteiger partial charge in [0.15, 0.2) is 6.29 Å². The lowest BCUT2D eigenvalue weighted by Gasteiger charge is -1.97. The standard InChI is InChI=1S/C12H10O4/c1-2-15-12(14)11-9(7-13)8-5-3-4-6-10(8)16-11/h3-7H,2H2,1H3. The molecule has 1 heterocycles. The van der Waals surface area contributed by atoms with E-state index in [1.807, 2.05) is 0 Å². The van der Waals surface area contributed by atoms with Crippen molar-refractivity contribution in [2.75, 3.05) is 6.61 Å². The molecule has 0 amide bonds. The van der Waals surface area contributed by atoms with Gasteiger partial charge >= 0.3 is 5.97 Å². The number of esters is 1. The predicted molar refractivity (Wildman–Crippen MR) is 57.6 cm³/mol. The van der Waals surface area contributed by atoms with Crippen molar-refractivity contribution in [2.45, 2.75) is 6.92 Å². The third-order valence-corrected chi connectivity index (χ3v) is 2.21. The number of hydrogen-bond donors (Lipinski definition) is 0. The number of hydrogen-bond acceptors (Lipinski definition) is 4. The lowest BCUT2D eigenvalue weighted by molar-refractivity contribution is 0.0490. The number of aldehydes is 1. The van der Waals surface area contributed by atoms with Crippen molar-refractivity contribution in [3.8, 4) is 0 Å². The molecular weight excluding hydrogens is 208 g/mol. The van der Waals surface area contributed by atoms with Gasteiger partial charge in [0.25, 0.3) is 0 Å². The second-order valence-corrected chi connectivity index (χ2v) is 3.18. The van der Waals surface area contributed by atoms with Crippen LogP contribution in [0.3, 0.4) is 0 Å². The Bertz CT molecular complexity index is 539. The van der Waals surface area contributed by atoms with Gasteiger partial charge in [-0.05, 0) is 13.0 Å². The summed E-state index contributed by atoms with van der Waals surface area (Å²) in [4.78, 5) is 22.5. The van der Waals surface area contributed by atoms with E-state index in [4.69, 9.17) is 9.15 Å². The first-order valence-corrected chi connectivity index (χ1v) is 4.91. The highest BCUT2D eigenvalue weighted by atomic mass is 16.5. The molecule has 4 nitrogen and oxygen atoms in total. The minimum Gasteiger partial charge on any atom is -0.460 e. The van der Waals surface area contributed by atoms with E-state index in [-0.39, 0.29) is 17.9 Å². The molecule has 0 spiro atoms. The summed E-state index contributed by atoms with van der Waals surface area (Å²) in [6, 6.07) is 6.98. The maximum absolute atomic E-state index is 11.5. The van der Waals surface area contributed by atoms with Crippen LogP contribution in [0.15, 0.2) is 28.7 Å². The van der Waals surface area contributed by atoms with Crippen LogP contribution in [0.25, 0.3) is 11.0 Å². The molecule has 0 N–H and O–H groups in total. The molecule has 0 unspecified atom stereocenters. The summed E-state index contributed by atoms with van der Waals surface area (Å²) in [7, 11) is 0. The van der Waals surface area contributed by atoms with Gasteiger partial charge in [-0.1, -0.05) is 18.2 Å². The van der Waals surface area contributed by atoms with E-state index in [0.717, 1.165) is 0 Å².